The number of alkyl halides is 1. The summed E-state index contributed by atoms with van der Waals surface area (Å²) in [5.74, 6) is 0.524. The van der Waals surface area contributed by atoms with Gasteiger partial charge >= 0.3 is 0 Å². The van der Waals surface area contributed by atoms with Crippen molar-refractivity contribution in [3.8, 4) is 0 Å². The molecule has 1 aromatic carbocycles. The summed E-state index contributed by atoms with van der Waals surface area (Å²) < 4.78 is 5.48. The number of hydrogen-bond acceptors (Lipinski definition) is 1. The van der Waals surface area contributed by atoms with Crippen molar-refractivity contribution in [2.24, 2.45) is 5.92 Å². The molecule has 1 saturated heterocycles. The molecule has 0 spiro atoms. The monoisotopic (exact) mass is 238 g/mol. The summed E-state index contributed by atoms with van der Waals surface area (Å²) >= 11 is 6.47. The minimum atomic E-state index is 0.210. The molecule has 0 aliphatic carbocycles. The van der Waals surface area contributed by atoms with E-state index in [0.717, 1.165) is 26.1 Å². The smallest absolute Gasteiger partial charge is 0.0508 e. The van der Waals surface area contributed by atoms with Crippen LogP contribution in [0.5, 0.6) is 0 Å². The summed E-state index contributed by atoms with van der Waals surface area (Å²) in [4.78, 5) is 0. The molecule has 2 heteroatoms. The van der Waals surface area contributed by atoms with Crippen molar-refractivity contribution in [3.63, 3.8) is 0 Å². The van der Waals surface area contributed by atoms with Gasteiger partial charge in [-0.1, -0.05) is 29.8 Å². The van der Waals surface area contributed by atoms with Gasteiger partial charge in [-0.15, -0.1) is 11.6 Å². The second kappa shape index (κ2) is 5.70. The van der Waals surface area contributed by atoms with E-state index >= 15 is 0 Å². The molecular formula is C14H19ClO. The Kier molecular flexibility index (Phi) is 4.25. The van der Waals surface area contributed by atoms with Crippen LogP contribution in [0.3, 0.4) is 0 Å². The zero-order valence-corrected chi connectivity index (χ0v) is 10.5. The minimum Gasteiger partial charge on any atom is -0.381 e. The van der Waals surface area contributed by atoms with Gasteiger partial charge < -0.3 is 4.74 Å². The quantitative estimate of drug-likeness (QED) is 0.732. The summed E-state index contributed by atoms with van der Waals surface area (Å²) in [6.07, 6.45) is 3.32. The summed E-state index contributed by atoms with van der Waals surface area (Å²) in [5.41, 5.74) is 2.65. The number of hydrogen-bond donors (Lipinski definition) is 0. The van der Waals surface area contributed by atoms with Crippen molar-refractivity contribution in [1.82, 2.24) is 0 Å². The summed E-state index contributed by atoms with van der Waals surface area (Å²) in [6.45, 7) is 3.86. The van der Waals surface area contributed by atoms with Crippen LogP contribution in [0, 0.1) is 12.8 Å². The fourth-order valence-corrected chi connectivity index (χ4v) is 2.66. The molecule has 0 saturated carbocycles. The molecule has 2 atom stereocenters. The van der Waals surface area contributed by atoms with Crippen LogP contribution in [-0.2, 0) is 11.2 Å². The molecule has 1 fully saturated rings. The van der Waals surface area contributed by atoms with Crippen LogP contribution < -0.4 is 0 Å². The Labute approximate surface area is 103 Å². The zero-order chi connectivity index (χ0) is 11.4. The van der Waals surface area contributed by atoms with E-state index in [1.165, 1.54) is 17.5 Å². The average Bonchev–Trinajstić information content (AvgIpc) is 2.30. The number of rotatable bonds is 3. The highest BCUT2D eigenvalue weighted by Crippen LogP contribution is 2.24. The molecule has 2 unspecified atom stereocenters. The lowest BCUT2D eigenvalue weighted by atomic mass is 9.93. The van der Waals surface area contributed by atoms with Crippen LogP contribution >= 0.6 is 11.6 Å². The predicted octanol–water partition coefficient (Wildman–Crippen LogP) is 3.57. The van der Waals surface area contributed by atoms with Crippen LogP contribution in [0.2, 0.25) is 0 Å². The molecular weight excluding hydrogens is 220 g/mol. The first-order chi connectivity index (χ1) is 7.75. The summed E-state index contributed by atoms with van der Waals surface area (Å²) in [5, 5.41) is 0.210. The van der Waals surface area contributed by atoms with Crippen LogP contribution in [-0.4, -0.2) is 18.6 Å². The summed E-state index contributed by atoms with van der Waals surface area (Å²) in [7, 11) is 0. The third-order valence-electron chi connectivity index (χ3n) is 3.22. The average molecular weight is 239 g/mol. The largest absolute Gasteiger partial charge is 0.381 e. The maximum Gasteiger partial charge on any atom is 0.0508 e. The third kappa shape index (κ3) is 3.23. The van der Waals surface area contributed by atoms with Crippen molar-refractivity contribution in [1.29, 1.82) is 0 Å². The van der Waals surface area contributed by atoms with Crippen LogP contribution in [0.15, 0.2) is 24.3 Å². The Morgan fingerprint density at radius 2 is 2.38 bits per heavy atom. The molecule has 0 radical (unpaired) electrons. The molecule has 1 aliphatic heterocycles. The highest BCUT2D eigenvalue weighted by atomic mass is 35.5. The Balaban J connectivity index is 1.93. The second-order valence-corrected chi connectivity index (χ2v) is 5.25. The molecule has 0 amide bonds. The van der Waals surface area contributed by atoms with E-state index in [-0.39, 0.29) is 5.38 Å². The number of halogens is 1. The van der Waals surface area contributed by atoms with E-state index < -0.39 is 0 Å². The van der Waals surface area contributed by atoms with Crippen LogP contribution in [0.1, 0.15) is 24.0 Å². The highest BCUT2D eigenvalue weighted by Gasteiger charge is 2.22. The molecule has 1 aliphatic rings. The van der Waals surface area contributed by atoms with Crippen molar-refractivity contribution in [3.05, 3.63) is 35.4 Å². The minimum absolute atomic E-state index is 0.210. The van der Waals surface area contributed by atoms with Gasteiger partial charge in [-0.3, -0.25) is 0 Å². The molecule has 0 bridgehead atoms. The number of aryl methyl sites for hydroxylation is 1. The Morgan fingerprint density at radius 3 is 3.06 bits per heavy atom. The van der Waals surface area contributed by atoms with Crippen molar-refractivity contribution < 1.29 is 4.74 Å². The Morgan fingerprint density at radius 1 is 1.50 bits per heavy atom. The fraction of sp³-hybridized carbons (Fsp3) is 0.571. The van der Waals surface area contributed by atoms with E-state index in [9.17, 15) is 0 Å². The zero-order valence-electron chi connectivity index (χ0n) is 9.79. The lowest BCUT2D eigenvalue weighted by molar-refractivity contribution is 0.0533. The van der Waals surface area contributed by atoms with E-state index in [1.54, 1.807) is 0 Å². The first-order valence-electron chi connectivity index (χ1n) is 6.03. The van der Waals surface area contributed by atoms with Crippen molar-refractivity contribution in [2.75, 3.05) is 13.2 Å². The molecule has 1 nitrogen and oxygen atoms in total. The highest BCUT2D eigenvalue weighted by molar-refractivity contribution is 6.20. The Hall–Kier alpha value is -0.530. The van der Waals surface area contributed by atoms with Gasteiger partial charge in [0.15, 0.2) is 0 Å². The van der Waals surface area contributed by atoms with Crippen LogP contribution in [0.25, 0.3) is 0 Å². The van der Waals surface area contributed by atoms with Gasteiger partial charge in [0.1, 0.15) is 0 Å². The molecule has 1 heterocycles. The number of ether oxygens (including phenoxy) is 1. The third-order valence-corrected chi connectivity index (χ3v) is 3.73. The number of benzene rings is 1. The van der Waals surface area contributed by atoms with Crippen LogP contribution in [0.4, 0.5) is 0 Å². The lowest BCUT2D eigenvalue weighted by Crippen LogP contribution is -2.27. The topological polar surface area (TPSA) is 9.23 Å². The molecule has 1 aromatic rings. The normalized spacial score (nSPS) is 23.0. The van der Waals surface area contributed by atoms with E-state index in [2.05, 4.69) is 31.2 Å². The maximum atomic E-state index is 6.47. The molecule has 2 rings (SSSR count). The predicted molar refractivity (Wildman–Crippen MR) is 68.1 cm³/mol. The van der Waals surface area contributed by atoms with Gasteiger partial charge in [0.05, 0.1) is 6.61 Å². The van der Waals surface area contributed by atoms with Crippen molar-refractivity contribution in [2.45, 2.75) is 31.6 Å². The van der Waals surface area contributed by atoms with E-state index in [1.807, 2.05) is 0 Å². The van der Waals surface area contributed by atoms with Gasteiger partial charge in [0, 0.05) is 12.0 Å². The molecule has 88 valence electrons. The Bertz CT molecular complexity index is 331. The SMILES string of the molecule is Cc1cccc(CC(Cl)C2CCCOC2)c1. The van der Waals surface area contributed by atoms with Gasteiger partial charge in [-0.2, -0.15) is 0 Å². The van der Waals surface area contributed by atoms with Crippen molar-refractivity contribution >= 4 is 11.6 Å². The summed E-state index contributed by atoms with van der Waals surface area (Å²) in [6, 6.07) is 8.60. The molecule has 0 N–H and O–H groups in total. The lowest BCUT2D eigenvalue weighted by Gasteiger charge is -2.26. The van der Waals surface area contributed by atoms with E-state index in [4.69, 9.17) is 16.3 Å². The molecule has 0 aromatic heterocycles. The first kappa shape index (κ1) is 11.9. The molecule has 16 heavy (non-hydrogen) atoms. The van der Waals surface area contributed by atoms with Gasteiger partial charge in [-0.25, -0.2) is 0 Å². The second-order valence-electron chi connectivity index (χ2n) is 4.69. The van der Waals surface area contributed by atoms with Gasteiger partial charge in [0.25, 0.3) is 0 Å². The fourth-order valence-electron chi connectivity index (χ4n) is 2.28. The standard InChI is InChI=1S/C14H19ClO/c1-11-4-2-5-12(8-11)9-14(15)13-6-3-7-16-10-13/h2,4-5,8,13-14H,3,6-7,9-10H2,1H3. The maximum absolute atomic E-state index is 6.47. The first-order valence-corrected chi connectivity index (χ1v) is 6.47. The van der Waals surface area contributed by atoms with Gasteiger partial charge in [-0.05, 0) is 37.7 Å². The van der Waals surface area contributed by atoms with Gasteiger partial charge in [0.2, 0.25) is 0 Å². The van der Waals surface area contributed by atoms with E-state index in [0.29, 0.717) is 5.92 Å².